The Morgan fingerprint density at radius 3 is 2.90 bits per heavy atom. The molecule has 2 heterocycles. The topological polar surface area (TPSA) is 62.3 Å². The molecule has 0 bridgehead atoms. The highest BCUT2D eigenvalue weighted by Crippen LogP contribution is 2.20. The third-order valence-electron chi connectivity index (χ3n) is 3.88. The summed E-state index contributed by atoms with van der Waals surface area (Å²) in [5, 5.41) is 3.67. The highest BCUT2D eigenvalue weighted by Gasteiger charge is 2.33. The molecule has 3 rings (SSSR count). The molecule has 108 valence electrons. The number of amides is 2. The maximum atomic E-state index is 12.1. The van der Waals surface area contributed by atoms with Crippen LogP contribution in [-0.2, 0) is 16.1 Å². The van der Waals surface area contributed by atoms with E-state index in [1.54, 1.807) is 11.1 Å². The molecule has 0 aliphatic carbocycles. The van der Waals surface area contributed by atoms with Crippen molar-refractivity contribution in [1.29, 1.82) is 0 Å². The van der Waals surface area contributed by atoms with Crippen LogP contribution >= 0.6 is 0 Å². The molecule has 0 saturated carbocycles. The van der Waals surface area contributed by atoms with E-state index >= 15 is 0 Å². The van der Waals surface area contributed by atoms with Gasteiger partial charge in [-0.25, -0.2) is 0 Å². The Labute approximate surface area is 123 Å². The van der Waals surface area contributed by atoms with E-state index in [-0.39, 0.29) is 18.4 Å². The van der Waals surface area contributed by atoms with Crippen LogP contribution in [0.25, 0.3) is 10.9 Å². The van der Waals surface area contributed by atoms with Crippen molar-refractivity contribution in [2.75, 3.05) is 6.54 Å². The molecule has 1 saturated heterocycles. The number of pyridine rings is 1. The fraction of sp³-hybridized carbons (Fsp3) is 0.312. The Bertz CT molecular complexity index is 693. The second-order valence-electron chi connectivity index (χ2n) is 5.15. The van der Waals surface area contributed by atoms with Gasteiger partial charge < -0.3 is 10.2 Å². The monoisotopic (exact) mass is 283 g/mol. The summed E-state index contributed by atoms with van der Waals surface area (Å²) in [6.07, 6.45) is 2.35. The Kier molecular flexibility index (Phi) is 3.56. The number of benzene rings is 1. The fourth-order valence-electron chi connectivity index (χ4n) is 2.78. The molecule has 2 amide bonds. The molecule has 0 radical (unpaired) electrons. The summed E-state index contributed by atoms with van der Waals surface area (Å²) in [6.45, 7) is 2.44. The molecule has 1 aliphatic rings. The zero-order valence-electron chi connectivity index (χ0n) is 11.9. The summed E-state index contributed by atoms with van der Waals surface area (Å²) >= 11 is 0. The van der Waals surface area contributed by atoms with Crippen LogP contribution in [0.15, 0.2) is 36.5 Å². The number of carbonyl (C=O) groups excluding carboxylic acids is 2. The van der Waals surface area contributed by atoms with Gasteiger partial charge in [-0.2, -0.15) is 0 Å². The second kappa shape index (κ2) is 5.52. The van der Waals surface area contributed by atoms with Gasteiger partial charge in [0.25, 0.3) is 0 Å². The molecule has 5 nitrogen and oxygen atoms in total. The first kappa shape index (κ1) is 13.5. The van der Waals surface area contributed by atoms with Gasteiger partial charge in [-0.05, 0) is 24.1 Å². The number of rotatable bonds is 3. The molecule has 1 aromatic heterocycles. The van der Waals surface area contributed by atoms with Crippen LogP contribution < -0.4 is 5.32 Å². The summed E-state index contributed by atoms with van der Waals surface area (Å²) in [7, 11) is 0. The number of aromatic nitrogens is 1. The van der Waals surface area contributed by atoms with E-state index in [0.29, 0.717) is 13.0 Å². The second-order valence-corrected chi connectivity index (χ2v) is 5.15. The molecule has 1 unspecified atom stereocenters. The van der Waals surface area contributed by atoms with Crippen LogP contribution in [-0.4, -0.2) is 34.3 Å². The first-order valence-electron chi connectivity index (χ1n) is 7.10. The van der Waals surface area contributed by atoms with Crippen molar-refractivity contribution in [2.24, 2.45) is 0 Å². The van der Waals surface area contributed by atoms with Gasteiger partial charge in [0.2, 0.25) is 11.8 Å². The normalized spacial score (nSPS) is 18.9. The Morgan fingerprint density at radius 2 is 2.10 bits per heavy atom. The van der Waals surface area contributed by atoms with Crippen LogP contribution in [0.2, 0.25) is 0 Å². The number of fused-ring (bicyclic) bond motifs is 1. The molecular formula is C16H17N3O2. The minimum absolute atomic E-state index is 0.0395. The van der Waals surface area contributed by atoms with Gasteiger partial charge in [-0.3, -0.25) is 14.6 Å². The van der Waals surface area contributed by atoms with E-state index in [9.17, 15) is 9.59 Å². The number of hydrogen-bond donors (Lipinski definition) is 1. The average Bonchev–Trinajstić information content (AvgIpc) is 2.51. The van der Waals surface area contributed by atoms with Crippen molar-refractivity contribution >= 4 is 22.7 Å². The van der Waals surface area contributed by atoms with Crippen LogP contribution in [0.3, 0.4) is 0 Å². The summed E-state index contributed by atoms with van der Waals surface area (Å²) in [5.74, 6) is -0.113. The molecule has 1 N–H and O–H groups in total. The van der Waals surface area contributed by atoms with Crippen molar-refractivity contribution in [1.82, 2.24) is 15.2 Å². The van der Waals surface area contributed by atoms with Gasteiger partial charge in [-0.1, -0.05) is 25.1 Å². The van der Waals surface area contributed by atoms with Gasteiger partial charge in [-0.15, -0.1) is 0 Å². The van der Waals surface area contributed by atoms with Crippen molar-refractivity contribution in [2.45, 2.75) is 25.9 Å². The molecule has 0 spiro atoms. The predicted octanol–water partition coefficient (Wildman–Crippen LogP) is 1.47. The van der Waals surface area contributed by atoms with Gasteiger partial charge in [0.1, 0.15) is 6.04 Å². The minimum Gasteiger partial charge on any atom is -0.345 e. The van der Waals surface area contributed by atoms with E-state index in [2.05, 4.69) is 10.3 Å². The zero-order valence-corrected chi connectivity index (χ0v) is 11.9. The van der Waals surface area contributed by atoms with Gasteiger partial charge in [0.15, 0.2) is 0 Å². The smallest absolute Gasteiger partial charge is 0.243 e. The molecular weight excluding hydrogens is 266 g/mol. The third kappa shape index (κ3) is 2.46. The number of hydrogen-bond acceptors (Lipinski definition) is 3. The summed E-state index contributed by atoms with van der Waals surface area (Å²) in [4.78, 5) is 30.1. The Balaban J connectivity index is 1.96. The summed E-state index contributed by atoms with van der Waals surface area (Å²) in [5.41, 5.74) is 1.92. The first-order valence-corrected chi connectivity index (χ1v) is 7.10. The number of para-hydroxylation sites is 1. The lowest BCUT2D eigenvalue weighted by atomic mass is 10.1. The molecule has 2 aromatic rings. The number of nitrogens with zero attached hydrogens (tertiary/aromatic N) is 2. The standard InChI is InChI=1S/C16H17N3O2/c1-2-14-16(21)18-9-15(20)19(14)10-11-7-8-17-13-6-4-3-5-12(11)13/h3-8,14H,2,9-10H2,1H3,(H,18,21). The minimum atomic E-state index is -0.391. The van der Waals surface area contributed by atoms with Crippen molar-refractivity contribution in [3.8, 4) is 0 Å². The maximum absolute atomic E-state index is 12.1. The number of carbonyl (C=O) groups is 2. The maximum Gasteiger partial charge on any atom is 0.243 e. The molecule has 1 atom stereocenters. The van der Waals surface area contributed by atoms with E-state index in [4.69, 9.17) is 0 Å². The van der Waals surface area contributed by atoms with Gasteiger partial charge in [0, 0.05) is 18.1 Å². The van der Waals surface area contributed by atoms with Crippen LogP contribution in [0.4, 0.5) is 0 Å². The van der Waals surface area contributed by atoms with E-state index in [1.165, 1.54) is 0 Å². The Hall–Kier alpha value is -2.43. The number of piperazine rings is 1. The molecule has 1 fully saturated rings. The van der Waals surface area contributed by atoms with Crippen LogP contribution in [0, 0.1) is 0 Å². The summed E-state index contributed by atoms with van der Waals surface area (Å²) in [6, 6.07) is 9.35. The van der Waals surface area contributed by atoms with Gasteiger partial charge in [0.05, 0.1) is 12.1 Å². The number of nitrogens with one attached hydrogen (secondary N) is 1. The lowest BCUT2D eigenvalue weighted by Crippen LogP contribution is -2.57. The first-order chi connectivity index (χ1) is 10.2. The highest BCUT2D eigenvalue weighted by molar-refractivity contribution is 5.95. The van der Waals surface area contributed by atoms with E-state index in [0.717, 1.165) is 16.5 Å². The zero-order chi connectivity index (χ0) is 14.8. The van der Waals surface area contributed by atoms with E-state index in [1.807, 2.05) is 37.3 Å². The lowest BCUT2D eigenvalue weighted by molar-refractivity contribution is -0.146. The summed E-state index contributed by atoms with van der Waals surface area (Å²) < 4.78 is 0. The van der Waals surface area contributed by atoms with Crippen LogP contribution in [0.5, 0.6) is 0 Å². The highest BCUT2D eigenvalue weighted by atomic mass is 16.2. The van der Waals surface area contributed by atoms with Crippen molar-refractivity contribution in [3.05, 3.63) is 42.1 Å². The predicted molar refractivity (Wildman–Crippen MR) is 79.4 cm³/mol. The quantitative estimate of drug-likeness (QED) is 0.928. The van der Waals surface area contributed by atoms with Crippen molar-refractivity contribution in [3.63, 3.8) is 0 Å². The Morgan fingerprint density at radius 1 is 1.29 bits per heavy atom. The van der Waals surface area contributed by atoms with Gasteiger partial charge >= 0.3 is 0 Å². The van der Waals surface area contributed by atoms with E-state index < -0.39 is 6.04 Å². The molecule has 5 heteroatoms. The molecule has 21 heavy (non-hydrogen) atoms. The SMILES string of the molecule is CCC1C(=O)NCC(=O)N1Cc1ccnc2ccccc12. The molecule has 1 aliphatic heterocycles. The third-order valence-corrected chi connectivity index (χ3v) is 3.88. The van der Waals surface area contributed by atoms with Crippen molar-refractivity contribution < 1.29 is 9.59 Å². The van der Waals surface area contributed by atoms with Crippen LogP contribution in [0.1, 0.15) is 18.9 Å². The fourth-order valence-corrected chi connectivity index (χ4v) is 2.78. The molecule has 1 aromatic carbocycles. The average molecular weight is 283 g/mol. The largest absolute Gasteiger partial charge is 0.345 e. The lowest BCUT2D eigenvalue weighted by Gasteiger charge is -2.34.